The highest BCUT2D eigenvalue weighted by Gasteiger charge is 2.15. The summed E-state index contributed by atoms with van der Waals surface area (Å²) in [5, 5.41) is 2.98. The predicted molar refractivity (Wildman–Crippen MR) is 75.3 cm³/mol. The van der Waals surface area contributed by atoms with Crippen LogP contribution < -0.4 is 5.32 Å². The van der Waals surface area contributed by atoms with Gasteiger partial charge >= 0.3 is 0 Å². The number of carbonyl (C=O) groups excluding carboxylic acids is 1. The number of pyridine rings is 1. The van der Waals surface area contributed by atoms with E-state index in [2.05, 4.69) is 16.4 Å². The first-order valence-electron chi connectivity index (χ1n) is 6.68. The number of hydrogen-bond acceptors (Lipinski definition) is 2. The normalized spacial score (nSPS) is 13.7. The predicted octanol–water partition coefficient (Wildman–Crippen LogP) is 3.21. The van der Waals surface area contributed by atoms with Crippen molar-refractivity contribution in [3.8, 4) is 0 Å². The lowest BCUT2D eigenvalue weighted by molar-refractivity contribution is 0.102. The van der Waals surface area contributed by atoms with Gasteiger partial charge < -0.3 is 5.32 Å². The van der Waals surface area contributed by atoms with Crippen LogP contribution in [0.1, 0.15) is 34.5 Å². The number of nitrogens with zero attached hydrogens (tertiary/aromatic N) is 1. The summed E-state index contributed by atoms with van der Waals surface area (Å²) in [5.74, 6) is -0.139. The van der Waals surface area contributed by atoms with Crippen molar-refractivity contribution in [1.82, 2.24) is 4.98 Å². The van der Waals surface area contributed by atoms with Gasteiger partial charge in [0, 0.05) is 11.9 Å². The van der Waals surface area contributed by atoms with Crippen molar-refractivity contribution in [1.29, 1.82) is 0 Å². The molecule has 96 valence electrons. The van der Waals surface area contributed by atoms with Gasteiger partial charge in [-0.3, -0.25) is 9.78 Å². The van der Waals surface area contributed by atoms with Crippen molar-refractivity contribution in [2.24, 2.45) is 0 Å². The molecule has 19 heavy (non-hydrogen) atoms. The molecular weight excluding hydrogens is 236 g/mol. The minimum absolute atomic E-state index is 0.139. The Morgan fingerprint density at radius 1 is 1.05 bits per heavy atom. The summed E-state index contributed by atoms with van der Waals surface area (Å²) >= 11 is 0. The molecule has 3 heteroatoms. The van der Waals surface area contributed by atoms with Crippen LogP contribution >= 0.6 is 0 Å². The minimum atomic E-state index is -0.139. The number of fused-ring (bicyclic) bond motifs is 1. The summed E-state index contributed by atoms with van der Waals surface area (Å²) < 4.78 is 0. The van der Waals surface area contributed by atoms with Crippen LogP contribution in [0.3, 0.4) is 0 Å². The maximum absolute atomic E-state index is 12.1. The van der Waals surface area contributed by atoms with Crippen molar-refractivity contribution in [2.45, 2.75) is 25.7 Å². The Hall–Kier alpha value is -2.16. The smallest absolute Gasteiger partial charge is 0.274 e. The molecule has 0 spiro atoms. The highest BCUT2D eigenvalue weighted by atomic mass is 16.1. The fraction of sp³-hybridized carbons (Fsp3) is 0.250. The lowest BCUT2D eigenvalue weighted by atomic mass is 9.90. The average molecular weight is 252 g/mol. The molecule has 0 saturated heterocycles. The summed E-state index contributed by atoms with van der Waals surface area (Å²) in [6.45, 7) is 0. The zero-order chi connectivity index (χ0) is 13.1. The quantitative estimate of drug-likeness (QED) is 0.891. The molecule has 0 unspecified atom stereocenters. The van der Waals surface area contributed by atoms with Gasteiger partial charge in [0.2, 0.25) is 0 Å². The first kappa shape index (κ1) is 11.9. The second-order valence-electron chi connectivity index (χ2n) is 4.82. The lowest BCUT2D eigenvalue weighted by Crippen LogP contribution is -2.16. The molecule has 0 fully saturated rings. The van der Waals surface area contributed by atoms with Crippen LogP contribution in [0.15, 0.2) is 42.6 Å². The van der Waals surface area contributed by atoms with Crippen molar-refractivity contribution in [3.63, 3.8) is 0 Å². The Labute approximate surface area is 112 Å². The van der Waals surface area contributed by atoms with E-state index in [-0.39, 0.29) is 5.91 Å². The largest absolute Gasteiger partial charge is 0.320 e. The van der Waals surface area contributed by atoms with Gasteiger partial charge in [0.05, 0.1) is 0 Å². The Morgan fingerprint density at radius 3 is 2.79 bits per heavy atom. The fourth-order valence-corrected chi connectivity index (χ4v) is 2.58. The van der Waals surface area contributed by atoms with Crippen molar-refractivity contribution in [3.05, 3.63) is 59.4 Å². The number of rotatable bonds is 2. The number of amides is 1. The molecule has 2 aromatic rings. The highest BCUT2D eigenvalue weighted by molar-refractivity contribution is 6.03. The highest BCUT2D eigenvalue weighted by Crippen LogP contribution is 2.28. The molecule has 1 heterocycles. The number of nitrogens with one attached hydrogen (secondary N) is 1. The summed E-state index contributed by atoms with van der Waals surface area (Å²) in [7, 11) is 0. The molecule has 0 radical (unpaired) electrons. The number of carbonyl (C=O) groups is 1. The van der Waals surface area contributed by atoms with Crippen LogP contribution in [0.5, 0.6) is 0 Å². The van der Waals surface area contributed by atoms with Gasteiger partial charge in [-0.2, -0.15) is 0 Å². The molecule has 1 aliphatic carbocycles. The first-order chi connectivity index (χ1) is 9.34. The van der Waals surface area contributed by atoms with E-state index < -0.39 is 0 Å². The van der Waals surface area contributed by atoms with E-state index in [4.69, 9.17) is 0 Å². The van der Waals surface area contributed by atoms with Crippen LogP contribution in [0.4, 0.5) is 5.69 Å². The number of benzene rings is 1. The summed E-state index contributed by atoms with van der Waals surface area (Å²) in [6.07, 6.45) is 6.24. The van der Waals surface area contributed by atoms with Gasteiger partial charge in [0.15, 0.2) is 0 Å². The van der Waals surface area contributed by atoms with Crippen molar-refractivity contribution < 1.29 is 4.79 Å². The third-order valence-corrected chi connectivity index (χ3v) is 3.54. The molecule has 3 rings (SSSR count). The monoisotopic (exact) mass is 252 g/mol. The van der Waals surface area contributed by atoms with E-state index in [1.165, 1.54) is 24.0 Å². The molecule has 0 aliphatic heterocycles. The number of anilines is 1. The van der Waals surface area contributed by atoms with E-state index in [9.17, 15) is 4.79 Å². The molecule has 3 nitrogen and oxygen atoms in total. The number of aromatic nitrogens is 1. The van der Waals surface area contributed by atoms with Crippen LogP contribution in [-0.2, 0) is 12.8 Å². The summed E-state index contributed by atoms with van der Waals surface area (Å²) in [4.78, 5) is 16.2. The second kappa shape index (κ2) is 5.22. The van der Waals surface area contributed by atoms with Gasteiger partial charge in [-0.05, 0) is 55.0 Å². The molecular formula is C16H16N2O. The maximum atomic E-state index is 12.1. The molecule has 1 N–H and O–H groups in total. The van der Waals surface area contributed by atoms with Gasteiger partial charge in [0.1, 0.15) is 5.69 Å². The molecule has 1 amide bonds. The van der Waals surface area contributed by atoms with Crippen LogP contribution in [-0.4, -0.2) is 10.9 Å². The lowest BCUT2D eigenvalue weighted by Gasteiger charge is -2.19. The molecule has 0 bridgehead atoms. The number of hydrogen-bond donors (Lipinski definition) is 1. The first-order valence-corrected chi connectivity index (χ1v) is 6.68. The maximum Gasteiger partial charge on any atom is 0.274 e. The standard InChI is InChI=1S/C16H16N2O/c19-16(15-9-3-4-11-17-15)18-14-10-5-7-12-6-1-2-8-13(12)14/h3-5,7,9-11H,1-2,6,8H2,(H,18,19). The molecule has 0 saturated carbocycles. The molecule has 0 atom stereocenters. The Kier molecular flexibility index (Phi) is 3.27. The molecule has 1 aromatic carbocycles. The Morgan fingerprint density at radius 2 is 1.95 bits per heavy atom. The third kappa shape index (κ3) is 2.50. The summed E-state index contributed by atoms with van der Waals surface area (Å²) in [5.41, 5.74) is 4.05. The van der Waals surface area contributed by atoms with Crippen LogP contribution in [0.2, 0.25) is 0 Å². The minimum Gasteiger partial charge on any atom is -0.320 e. The van der Waals surface area contributed by atoms with E-state index >= 15 is 0 Å². The number of aryl methyl sites for hydroxylation is 1. The molecule has 1 aliphatic rings. The van der Waals surface area contributed by atoms with Gasteiger partial charge in [-0.25, -0.2) is 0 Å². The Balaban J connectivity index is 1.86. The molecule has 1 aromatic heterocycles. The average Bonchev–Trinajstić information content (AvgIpc) is 2.48. The van der Waals surface area contributed by atoms with E-state index in [1.807, 2.05) is 18.2 Å². The van der Waals surface area contributed by atoms with Gasteiger partial charge in [-0.1, -0.05) is 18.2 Å². The fourth-order valence-electron chi connectivity index (χ4n) is 2.58. The Bertz CT molecular complexity index is 593. The van der Waals surface area contributed by atoms with E-state index in [0.717, 1.165) is 18.5 Å². The van der Waals surface area contributed by atoms with E-state index in [1.54, 1.807) is 18.3 Å². The zero-order valence-corrected chi connectivity index (χ0v) is 10.7. The van der Waals surface area contributed by atoms with Crippen LogP contribution in [0, 0.1) is 0 Å². The second-order valence-corrected chi connectivity index (χ2v) is 4.82. The SMILES string of the molecule is O=C(Nc1cccc2c1CCCC2)c1ccccn1. The van der Waals surface area contributed by atoms with Crippen molar-refractivity contribution in [2.75, 3.05) is 5.32 Å². The van der Waals surface area contributed by atoms with E-state index in [0.29, 0.717) is 5.69 Å². The van der Waals surface area contributed by atoms with Crippen molar-refractivity contribution >= 4 is 11.6 Å². The zero-order valence-electron chi connectivity index (χ0n) is 10.7. The third-order valence-electron chi connectivity index (χ3n) is 3.54. The van der Waals surface area contributed by atoms with Crippen LogP contribution in [0.25, 0.3) is 0 Å². The van der Waals surface area contributed by atoms with Gasteiger partial charge in [-0.15, -0.1) is 0 Å². The van der Waals surface area contributed by atoms with Gasteiger partial charge in [0.25, 0.3) is 5.91 Å². The summed E-state index contributed by atoms with van der Waals surface area (Å²) in [6, 6.07) is 11.5. The topological polar surface area (TPSA) is 42.0 Å².